The molecule has 3 aliphatic rings. The van der Waals surface area contributed by atoms with Crippen LogP contribution in [0.2, 0.25) is 0 Å². The molecular formula is C14H24N2O. The first-order valence-electron chi connectivity index (χ1n) is 7.36. The van der Waals surface area contributed by atoms with E-state index in [2.05, 4.69) is 10.2 Å². The molecule has 96 valence electrons. The minimum atomic E-state index is 0.436. The number of nitrogens with one attached hydrogen (secondary N) is 1. The zero-order valence-corrected chi connectivity index (χ0v) is 10.7. The molecule has 0 radical (unpaired) electrons. The molecule has 1 N–H and O–H groups in total. The van der Waals surface area contributed by atoms with Gasteiger partial charge >= 0.3 is 0 Å². The molecule has 1 amide bonds. The van der Waals surface area contributed by atoms with E-state index in [4.69, 9.17) is 0 Å². The molecule has 0 aromatic heterocycles. The number of carbonyl (C=O) groups excluding carboxylic acids is 1. The van der Waals surface area contributed by atoms with Crippen LogP contribution >= 0.6 is 0 Å². The molecule has 3 rings (SSSR count). The van der Waals surface area contributed by atoms with Gasteiger partial charge in [-0.1, -0.05) is 6.42 Å². The van der Waals surface area contributed by atoms with Gasteiger partial charge in [-0.25, -0.2) is 0 Å². The van der Waals surface area contributed by atoms with Crippen molar-refractivity contribution in [2.45, 2.75) is 63.5 Å². The standard InChI is InChI=1S/C14H24N2O/c17-14(9-11-3-1-4-11)16(13-6-7-13)10-12-5-2-8-15-12/h11-13,15H,1-10H2. The Labute approximate surface area is 104 Å². The van der Waals surface area contributed by atoms with Crippen LogP contribution in [-0.4, -0.2) is 36.0 Å². The minimum Gasteiger partial charge on any atom is -0.338 e. The molecule has 1 atom stereocenters. The molecule has 2 aliphatic carbocycles. The van der Waals surface area contributed by atoms with Gasteiger partial charge in [0.05, 0.1) is 0 Å². The van der Waals surface area contributed by atoms with Gasteiger partial charge in [0.15, 0.2) is 0 Å². The van der Waals surface area contributed by atoms with Gasteiger partial charge in [0.25, 0.3) is 0 Å². The normalized spacial score (nSPS) is 29.1. The molecule has 3 heteroatoms. The molecule has 0 spiro atoms. The first-order chi connectivity index (χ1) is 8.33. The zero-order chi connectivity index (χ0) is 11.7. The van der Waals surface area contributed by atoms with Crippen LogP contribution in [0.3, 0.4) is 0 Å². The van der Waals surface area contributed by atoms with Gasteiger partial charge in [-0.2, -0.15) is 0 Å². The van der Waals surface area contributed by atoms with E-state index in [0.29, 0.717) is 23.9 Å². The summed E-state index contributed by atoms with van der Waals surface area (Å²) < 4.78 is 0. The van der Waals surface area contributed by atoms with E-state index in [9.17, 15) is 4.79 Å². The van der Waals surface area contributed by atoms with Crippen LogP contribution in [0.1, 0.15) is 51.4 Å². The van der Waals surface area contributed by atoms with E-state index in [1.54, 1.807) is 0 Å². The third-order valence-corrected chi connectivity index (χ3v) is 4.58. The van der Waals surface area contributed by atoms with Gasteiger partial charge in [0.1, 0.15) is 0 Å². The van der Waals surface area contributed by atoms with Crippen LogP contribution in [0.4, 0.5) is 0 Å². The van der Waals surface area contributed by atoms with E-state index in [1.165, 1.54) is 44.9 Å². The third kappa shape index (κ3) is 2.82. The van der Waals surface area contributed by atoms with Crippen molar-refractivity contribution in [1.82, 2.24) is 10.2 Å². The largest absolute Gasteiger partial charge is 0.338 e. The number of amides is 1. The predicted octanol–water partition coefficient (Wildman–Crippen LogP) is 1.92. The fourth-order valence-corrected chi connectivity index (χ4v) is 3.05. The number of rotatable bonds is 5. The summed E-state index contributed by atoms with van der Waals surface area (Å²) in [5, 5.41) is 3.51. The van der Waals surface area contributed by atoms with Gasteiger partial charge in [-0.3, -0.25) is 4.79 Å². The summed E-state index contributed by atoms with van der Waals surface area (Å²) >= 11 is 0. The van der Waals surface area contributed by atoms with Crippen molar-refractivity contribution in [3.8, 4) is 0 Å². The molecule has 0 aromatic carbocycles. The van der Waals surface area contributed by atoms with E-state index < -0.39 is 0 Å². The molecule has 3 nitrogen and oxygen atoms in total. The smallest absolute Gasteiger partial charge is 0.223 e. The maximum absolute atomic E-state index is 12.3. The summed E-state index contributed by atoms with van der Waals surface area (Å²) in [5.74, 6) is 1.14. The highest BCUT2D eigenvalue weighted by Gasteiger charge is 2.35. The van der Waals surface area contributed by atoms with Crippen molar-refractivity contribution >= 4 is 5.91 Å². The van der Waals surface area contributed by atoms with Crippen molar-refractivity contribution in [3.05, 3.63) is 0 Å². The van der Waals surface area contributed by atoms with E-state index in [0.717, 1.165) is 19.5 Å². The van der Waals surface area contributed by atoms with Crippen LogP contribution < -0.4 is 5.32 Å². The Hall–Kier alpha value is -0.570. The quantitative estimate of drug-likeness (QED) is 0.791. The molecule has 1 saturated heterocycles. The number of nitrogens with zero attached hydrogens (tertiary/aromatic N) is 1. The highest BCUT2D eigenvalue weighted by molar-refractivity contribution is 5.77. The third-order valence-electron chi connectivity index (χ3n) is 4.58. The Morgan fingerprint density at radius 3 is 2.47 bits per heavy atom. The first-order valence-corrected chi connectivity index (χ1v) is 7.36. The zero-order valence-electron chi connectivity index (χ0n) is 10.7. The van der Waals surface area contributed by atoms with Crippen molar-refractivity contribution < 1.29 is 4.79 Å². The predicted molar refractivity (Wildman–Crippen MR) is 67.7 cm³/mol. The lowest BCUT2D eigenvalue weighted by Gasteiger charge is -2.30. The Morgan fingerprint density at radius 2 is 1.94 bits per heavy atom. The summed E-state index contributed by atoms with van der Waals surface area (Å²) in [6.07, 6.45) is 9.73. The SMILES string of the molecule is O=C(CC1CCC1)N(CC1CCCN1)C1CC1. The number of hydrogen-bond donors (Lipinski definition) is 1. The molecule has 1 unspecified atom stereocenters. The Morgan fingerprint density at radius 1 is 1.12 bits per heavy atom. The summed E-state index contributed by atoms with van der Waals surface area (Å²) in [6.45, 7) is 2.11. The van der Waals surface area contributed by atoms with Gasteiger partial charge in [-0.15, -0.1) is 0 Å². The lowest BCUT2D eigenvalue weighted by Crippen LogP contribution is -2.43. The number of hydrogen-bond acceptors (Lipinski definition) is 2. The molecule has 3 fully saturated rings. The molecule has 2 saturated carbocycles. The van der Waals surface area contributed by atoms with Crippen LogP contribution in [0.25, 0.3) is 0 Å². The average Bonchev–Trinajstić information content (AvgIpc) is 2.98. The summed E-state index contributed by atoms with van der Waals surface area (Å²) in [7, 11) is 0. The van der Waals surface area contributed by atoms with Gasteiger partial charge in [0.2, 0.25) is 5.91 Å². The minimum absolute atomic E-state index is 0.436. The lowest BCUT2D eigenvalue weighted by atomic mass is 9.82. The maximum Gasteiger partial charge on any atom is 0.223 e. The second-order valence-electron chi connectivity index (χ2n) is 6.07. The molecular weight excluding hydrogens is 212 g/mol. The summed E-state index contributed by atoms with van der Waals surface area (Å²) in [4.78, 5) is 14.5. The van der Waals surface area contributed by atoms with Gasteiger partial charge in [0, 0.05) is 25.0 Å². The lowest BCUT2D eigenvalue weighted by molar-refractivity contribution is -0.133. The van der Waals surface area contributed by atoms with Crippen LogP contribution in [-0.2, 0) is 4.79 Å². The highest BCUT2D eigenvalue weighted by atomic mass is 16.2. The Kier molecular flexibility index (Phi) is 3.37. The van der Waals surface area contributed by atoms with Crippen molar-refractivity contribution in [2.24, 2.45) is 5.92 Å². The van der Waals surface area contributed by atoms with E-state index in [1.807, 2.05) is 0 Å². The van der Waals surface area contributed by atoms with Crippen molar-refractivity contribution in [1.29, 1.82) is 0 Å². The average molecular weight is 236 g/mol. The second-order valence-corrected chi connectivity index (χ2v) is 6.07. The molecule has 1 aliphatic heterocycles. The molecule has 17 heavy (non-hydrogen) atoms. The fourth-order valence-electron chi connectivity index (χ4n) is 3.05. The maximum atomic E-state index is 12.3. The summed E-state index contributed by atoms with van der Waals surface area (Å²) in [5.41, 5.74) is 0. The van der Waals surface area contributed by atoms with E-state index >= 15 is 0 Å². The van der Waals surface area contributed by atoms with E-state index in [-0.39, 0.29) is 0 Å². The molecule has 0 aromatic rings. The highest BCUT2D eigenvalue weighted by Crippen LogP contribution is 2.33. The first kappa shape index (κ1) is 11.5. The van der Waals surface area contributed by atoms with Crippen LogP contribution in [0, 0.1) is 5.92 Å². The molecule has 0 bridgehead atoms. The summed E-state index contributed by atoms with van der Waals surface area (Å²) in [6, 6.07) is 1.16. The molecule has 1 heterocycles. The van der Waals surface area contributed by atoms with Crippen molar-refractivity contribution in [3.63, 3.8) is 0 Å². The van der Waals surface area contributed by atoms with Crippen LogP contribution in [0.15, 0.2) is 0 Å². The topological polar surface area (TPSA) is 32.3 Å². The monoisotopic (exact) mass is 236 g/mol. The Bertz CT molecular complexity index is 278. The second kappa shape index (κ2) is 4.97. The Balaban J connectivity index is 1.52. The van der Waals surface area contributed by atoms with Crippen molar-refractivity contribution in [2.75, 3.05) is 13.1 Å². The fraction of sp³-hybridized carbons (Fsp3) is 0.929. The number of carbonyl (C=O) groups is 1. The van der Waals surface area contributed by atoms with Crippen LogP contribution in [0.5, 0.6) is 0 Å². The van der Waals surface area contributed by atoms with Gasteiger partial charge in [-0.05, 0) is 51.0 Å². The van der Waals surface area contributed by atoms with Gasteiger partial charge < -0.3 is 10.2 Å².